The van der Waals surface area contributed by atoms with Crippen LogP contribution in [0.1, 0.15) is 16.7 Å². The van der Waals surface area contributed by atoms with Gasteiger partial charge < -0.3 is 5.73 Å². The Kier molecular flexibility index (Phi) is 4.04. The molecule has 1 nitrogen and oxygen atoms in total. The van der Waals surface area contributed by atoms with Crippen molar-refractivity contribution in [3.63, 3.8) is 0 Å². The number of hydrogen-bond donors (Lipinski definition) is 1. The number of rotatable bonds is 3. The lowest BCUT2D eigenvalue weighted by atomic mass is 10.2. The van der Waals surface area contributed by atoms with Crippen molar-refractivity contribution in [3.8, 4) is 0 Å². The van der Waals surface area contributed by atoms with Crippen molar-refractivity contribution in [3.05, 3.63) is 58.9 Å². The Hall–Kier alpha value is -1.32. The average Bonchev–Trinajstić information content (AvgIpc) is 2.33. The molecule has 0 aliphatic carbocycles. The molecule has 94 valence electrons. The summed E-state index contributed by atoms with van der Waals surface area (Å²) in [6, 6.07) is 11.4. The number of benzene rings is 2. The lowest BCUT2D eigenvalue weighted by molar-refractivity contribution is 0.604. The van der Waals surface area contributed by atoms with Gasteiger partial charge in [-0.15, -0.1) is 0 Å². The van der Waals surface area contributed by atoms with Gasteiger partial charge in [0, 0.05) is 21.9 Å². The van der Waals surface area contributed by atoms with Crippen LogP contribution < -0.4 is 5.73 Å². The van der Waals surface area contributed by atoms with Crippen LogP contribution in [0.4, 0.5) is 4.39 Å². The molecule has 2 rings (SSSR count). The van der Waals surface area contributed by atoms with Gasteiger partial charge in [0.25, 0.3) is 0 Å². The SMILES string of the molecule is Cc1ccc(Sc2cccc(F)c2CN)c(C)c1. The molecule has 0 spiro atoms. The van der Waals surface area contributed by atoms with Crippen LogP contribution in [0.25, 0.3) is 0 Å². The van der Waals surface area contributed by atoms with Gasteiger partial charge >= 0.3 is 0 Å². The van der Waals surface area contributed by atoms with Crippen LogP contribution >= 0.6 is 11.8 Å². The molecule has 0 fully saturated rings. The average molecular weight is 261 g/mol. The van der Waals surface area contributed by atoms with Crippen LogP contribution in [-0.2, 0) is 6.54 Å². The minimum absolute atomic E-state index is 0.222. The molecule has 0 radical (unpaired) electrons. The smallest absolute Gasteiger partial charge is 0.128 e. The minimum Gasteiger partial charge on any atom is -0.326 e. The summed E-state index contributed by atoms with van der Waals surface area (Å²) in [6.45, 7) is 4.35. The van der Waals surface area contributed by atoms with Gasteiger partial charge in [-0.05, 0) is 37.6 Å². The topological polar surface area (TPSA) is 26.0 Å². The third-order valence-electron chi connectivity index (χ3n) is 2.83. The molecule has 0 aliphatic heterocycles. The zero-order valence-electron chi connectivity index (χ0n) is 10.5. The highest BCUT2D eigenvalue weighted by molar-refractivity contribution is 7.99. The molecule has 0 amide bonds. The van der Waals surface area contributed by atoms with E-state index in [2.05, 4.69) is 32.0 Å². The fourth-order valence-electron chi connectivity index (χ4n) is 1.86. The van der Waals surface area contributed by atoms with Crippen LogP contribution in [0.5, 0.6) is 0 Å². The van der Waals surface area contributed by atoms with E-state index in [-0.39, 0.29) is 12.4 Å². The monoisotopic (exact) mass is 261 g/mol. The molecule has 2 aromatic rings. The highest BCUT2D eigenvalue weighted by atomic mass is 32.2. The maximum Gasteiger partial charge on any atom is 0.128 e. The summed E-state index contributed by atoms with van der Waals surface area (Å²) >= 11 is 1.57. The van der Waals surface area contributed by atoms with Gasteiger partial charge in [0.05, 0.1) is 0 Å². The van der Waals surface area contributed by atoms with Crippen molar-refractivity contribution in [2.45, 2.75) is 30.2 Å². The minimum atomic E-state index is -0.229. The predicted octanol–water partition coefficient (Wildman–Crippen LogP) is 4.05. The van der Waals surface area contributed by atoms with Gasteiger partial charge in [-0.25, -0.2) is 4.39 Å². The van der Waals surface area contributed by atoms with Crippen molar-refractivity contribution in [2.24, 2.45) is 5.73 Å². The van der Waals surface area contributed by atoms with E-state index in [9.17, 15) is 4.39 Å². The van der Waals surface area contributed by atoms with Gasteiger partial charge in [0.15, 0.2) is 0 Å². The summed E-state index contributed by atoms with van der Waals surface area (Å²) in [5.41, 5.74) is 8.63. The second-order valence-electron chi connectivity index (χ2n) is 4.29. The molecule has 0 atom stereocenters. The zero-order chi connectivity index (χ0) is 13.1. The standard InChI is InChI=1S/C15H16FNS/c1-10-6-7-14(11(2)8-10)18-15-5-3-4-13(16)12(15)9-17/h3-8H,9,17H2,1-2H3. The van der Waals surface area contributed by atoms with Crippen molar-refractivity contribution >= 4 is 11.8 Å². The summed E-state index contributed by atoms with van der Waals surface area (Å²) < 4.78 is 13.6. The molecule has 18 heavy (non-hydrogen) atoms. The summed E-state index contributed by atoms with van der Waals surface area (Å²) in [4.78, 5) is 2.03. The lowest BCUT2D eigenvalue weighted by Crippen LogP contribution is -2.01. The maximum absolute atomic E-state index is 13.6. The van der Waals surface area contributed by atoms with Crippen LogP contribution in [0.2, 0.25) is 0 Å². The Morgan fingerprint density at radius 2 is 1.89 bits per heavy atom. The molecule has 0 saturated heterocycles. The van der Waals surface area contributed by atoms with Crippen molar-refractivity contribution in [1.29, 1.82) is 0 Å². The third kappa shape index (κ3) is 2.74. The Labute approximate surface area is 111 Å². The van der Waals surface area contributed by atoms with Crippen LogP contribution in [-0.4, -0.2) is 0 Å². The molecule has 0 saturated carbocycles. The van der Waals surface area contributed by atoms with Crippen molar-refractivity contribution < 1.29 is 4.39 Å². The molecule has 0 heterocycles. The fourth-order valence-corrected chi connectivity index (χ4v) is 2.91. The summed E-state index contributed by atoms with van der Waals surface area (Å²) in [7, 11) is 0. The number of halogens is 1. The molecule has 0 aliphatic rings. The highest BCUT2D eigenvalue weighted by Crippen LogP contribution is 2.33. The summed E-state index contributed by atoms with van der Waals surface area (Å²) in [5.74, 6) is -0.229. The van der Waals surface area contributed by atoms with Gasteiger partial charge in [-0.1, -0.05) is 35.5 Å². The molecular formula is C15H16FNS. The largest absolute Gasteiger partial charge is 0.326 e. The van der Waals surface area contributed by atoms with E-state index in [0.29, 0.717) is 5.56 Å². The van der Waals surface area contributed by atoms with E-state index in [1.54, 1.807) is 17.8 Å². The van der Waals surface area contributed by atoms with E-state index >= 15 is 0 Å². The normalized spacial score (nSPS) is 10.7. The second kappa shape index (κ2) is 5.55. The lowest BCUT2D eigenvalue weighted by Gasteiger charge is -2.10. The Morgan fingerprint density at radius 3 is 2.56 bits per heavy atom. The Balaban J connectivity index is 2.37. The van der Waals surface area contributed by atoms with Crippen molar-refractivity contribution in [1.82, 2.24) is 0 Å². The van der Waals surface area contributed by atoms with Crippen molar-refractivity contribution in [2.75, 3.05) is 0 Å². The summed E-state index contributed by atoms with van der Waals surface area (Å²) in [5, 5.41) is 0. The molecular weight excluding hydrogens is 245 g/mol. The van der Waals surface area contributed by atoms with Gasteiger partial charge in [-0.3, -0.25) is 0 Å². The third-order valence-corrected chi connectivity index (χ3v) is 4.11. The molecule has 0 unspecified atom stereocenters. The maximum atomic E-state index is 13.6. The van der Waals surface area contributed by atoms with E-state index in [0.717, 1.165) is 9.79 Å². The molecule has 0 aromatic heterocycles. The highest BCUT2D eigenvalue weighted by Gasteiger charge is 2.09. The van der Waals surface area contributed by atoms with E-state index in [1.165, 1.54) is 17.2 Å². The number of hydrogen-bond acceptors (Lipinski definition) is 2. The van der Waals surface area contributed by atoms with Gasteiger partial charge in [-0.2, -0.15) is 0 Å². The molecule has 3 heteroatoms. The Morgan fingerprint density at radius 1 is 1.11 bits per heavy atom. The fraction of sp³-hybridized carbons (Fsp3) is 0.200. The van der Waals surface area contributed by atoms with Gasteiger partial charge in [0.2, 0.25) is 0 Å². The second-order valence-corrected chi connectivity index (χ2v) is 5.38. The molecule has 0 bridgehead atoms. The number of aryl methyl sites for hydroxylation is 2. The number of nitrogens with two attached hydrogens (primary N) is 1. The first-order chi connectivity index (χ1) is 8.61. The Bertz CT molecular complexity index is 566. The van der Waals surface area contributed by atoms with Crippen LogP contribution in [0.15, 0.2) is 46.2 Å². The van der Waals surface area contributed by atoms with Crippen LogP contribution in [0.3, 0.4) is 0 Å². The first-order valence-electron chi connectivity index (χ1n) is 5.84. The van der Waals surface area contributed by atoms with E-state index in [4.69, 9.17) is 5.73 Å². The van der Waals surface area contributed by atoms with Crippen LogP contribution in [0, 0.1) is 19.7 Å². The van der Waals surface area contributed by atoms with Gasteiger partial charge in [0.1, 0.15) is 5.82 Å². The predicted molar refractivity (Wildman–Crippen MR) is 74.3 cm³/mol. The molecule has 2 aromatic carbocycles. The zero-order valence-corrected chi connectivity index (χ0v) is 11.4. The quantitative estimate of drug-likeness (QED) is 0.902. The van der Waals surface area contributed by atoms with E-state index in [1.807, 2.05) is 6.07 Å². The molecule has 2 N–H and O–H groups in total. The first-order valence-corrected chi connectivity index (χ1v) is 6.66. The summed E-state index contributed by atoms with van der Waals surface area (Å²) in [6.07, 6.45) is 0. The first kappa shape index (κ1) is 13.1. The van der Waals surface area contributed by atoms with E-state index < -0.39 is 0 Å².